The van der Waals surface area contributed by atoms with E-state index >= 15 is 0 Å². The highest BCUT2D eigenvalue weighted by molar-refractivity contribution is 5.90. The summed E-state index contributed by atoms with van der Waals surface area (Å²) in [5, 5.41) is 12.2. The summed E-state index contributed by atoms with van der Waals surface area (Å²) < 4.78 is 10.6. The van der Waals surface area contributed by atoms with Crippen LogP contribution in [0.2, 0.25) is 0 Å². The molecule has 0 aliphatic heterocycles. The van der Waals surface area contributed by atoms with Gasteiger partial charge in [0.15, 0.2) is 0 Å². The van der Waals surface area contributed by atoms with Crippen LogP contribution in [0.4, 0.5) is 5.69 Å². The maximum absolute atomic E-state index is 11.0. The van der Waals surface area contributed by atoms with Crippen LogP contribution in [0, 0.1) is 0 Å². The van der Waals surface area contributed by atoms with E-state index in [1.807, 2.05) is 24.3 Å². The van der Waals surface area contributed by atoms with Crippen LogP contribution in [0.1, 0.15) is 10.4 Å². The minimum absolute atomic E-state index is 0.166. The molecule has 0 heterocycles. The zero-order valence-corrected chi connectivity index (χ0v) is 11.7. The molecule has 0 radical (unpaired) electrons. The lowest BCUT2D eigenvalue weighted by Crippen LogP contribution is -2.13. The third-order valence-electron chi connectivity index (χ3n) is 2.88. The zero-order valence-electron chi connectivity index (χ0n) is 11.7. The van der Waals surface area contributed by atoms with E-state index in [-0.39, 0.29) is 5.56 Å². The molecule has 2 rings (SSSR count). The smallest absolute Gasteiger partial charge is 0.339 e. The summed E-state index contributed by atoms with van der Waals surface area (Å²) in [5.41, 5.74) is 1.09. The number of hydrogen-bond acceptors (Lipinski definition) is 4. The molecule has 2 aromatic rings. The number of rotatable bonds is 7. The molecule has 0 aromatic heterocycles. The molecule has 110 valence electrons. The lowest BCUT2D eigenvalue weighted by molar-refractivity contribution is 0.0692. The fourth-order valence-electron chi connectivity index (χ4n) is 1.86. The molecule has 0 spiro atoms. The normalized spacial score (nSPS) is 9.95. The minimum atomic E-state index is -0.994. The number of carbonyl (C=O) groups is 1. The fraction of sp³-hybridized carbons (Fsp3) is 0.188. The standard InChI is InChI=1S/C16H17NO4/c1-20-13-6-4-5-12(11-13)17-9-10-21-15-8-3-2-7-14(15)16(18)19/h2-8,11,17H,9-10H2,1H3,(H,18,19). The molecule has 21 heavy (non-hydrogen) atoms. The third kappa shape index (κ3) is 4.14. The summed E-state index contributed by atoms with van der Waals surface area (Å²) in [6, 6.07) is 14.1. The van der Waals surface area contributed by atoms with Gasteiger partial charge in [-0.1, -0.05) is 18.2 Å². The van der Waals surface area contributed by atoms with Gasteiger partial charge in [0.1, 0.15) is 23.7 Å². The van der Waals surface area contributed by atoms with E-state index in [4.69, 9.17) is 14.6 Å². The van der Waals surface area contributed by atoms with Crippen molar-refractivity contribution in [2.75, 3.05) is 25.6 Å². The molecule has 5 heteroatoms. The maximum atomic E-state index is 11.0. The van der Waals surface area contributed by atoms with Crippen molar-refractivity contribution in [1.29, 1.82) is 0 Å². The van der Waals surface area contributed by atoms with Gasteiger partial charge in [0, 0.05) is 18.3 Å². The molecule has 2 N–H and O–H groups in total. The van der Waals surface area contributed by atoms with Crippen molar-refractivity contribution >= 4 is 11.7 Å². The molecule has 2 aromatic carbocycles. The number of ether oxygens (including phenoxy) is 2. The van der Waals surface area contributed by atoms with Crippen LogP contribution >= 0.6 is 0 Å². The van der Waals surface area contributed by atoms with Gasteiger partial charge < -0.3 is 19.9 Å². The van der Waals surface area contributed by atoms with E-state index < -0.39 is 5.97 Å². The molecule has 0 bridgehead atoms. The van der Waals surface area contributed by atoms with E-state index in [1.54, 1.807) is 25.3 Å². The van der Waals surface area contributed by atoms with Crippen molar-refractivity contribution in [1.82, 2.24) is 0 Å². The monoisotopic (exact) mass is 287 g/mol. The molecule has 0 fully saturated rings. The van der Waals surface area contributed by atoms with Crippen molar-refractivity contribution in [3.63, 3.8) is 0 Å². The number of benzene rings is 2. The van der Waals surface area contributed by atoms with Crippen LogP contribution < -0.4 is 14.8 Å². The number of hydrogen-bond donors (Lipinski definition) is 2. The molecule has 0 aliphatic rings. The van der Waals surface area contributed by atoms with Crippen molar-refractivity contribution in [2.24, 2.45) is 0 Å². The van der Waals surface area contributed by atoms with Crippen molar-refractivity contribution in [3.05, 3.63) is 54.1 Å². The highest BCUT2D eigenvalue weighted by Crippen LogP contribution is 2.18. The molecule has 0 amide bonds. The summed E-state index contributed by atoms with van der Waals surface area (Å²) in [5.74, 6) is 0.154. The van der Waals surface area contributed by atoms with E-state index in [0.29, 0.717) is 18.9 Å². The average molecular weight is 287 g/mol. The largest absolute Gasteiger partial charge is 0.497 e. The zero-order chi connectivity index (χ0) is 15.1. The van der Waals surface area contributed by atoms with Crippen LogP contribution in [-0.2, 0) is 0 Å². The quantitative estimate of drug-likeness (QED) is 0.766. The highest BCUT2D eigenvalue weighted by atomic mass is 16.5. The van der Waals surface area contributed by atoms with E-state index in [0.717, 1.165) is 11.4 Å². The van der Waals surface area contributed by atoms with Crippen molar-refractivity contribution in [3.8, 4) is 11.5 Å². The Morgan fingerprint density at radius 3 is 2.76 bits per heavy atom. The Kier molecular flexibility index (Phi) is 5.04. The lowest BCUT2D eigenvalue weighted by atomic mass is 10.2. The number of nitrogens with one attached hydrogen (secondary N) is 1. The first-order chi connectivity index (χ1) is 10.2. The van der Waals surface area contributed by atoms with E-state index in [1.165, 1.54) is 6.07 Å². The topological polar surface area (TPSA) is 67.8 Å². The van der Waals surface area contributed by atoms with Gasteiger partial charge in [0.25, 0.3) is 0 Å². The van der Waals surface area contributed by atoms with Crippen LogP contribution in [-0.4, -0.2) is 31.3 Å². The van der Waals surface area contributed by atoms with Gasteiger partial charge in [-0.05, 0) is 24.3 Å². The van der Waals surface area contributed by atoms with Gasteiger partial charge in [-0.15, -0.1) is 0 Å². The molecular formula is C16H17NO4. The first-order valence-electron chi connectivity index (χ1n) is 6.54. The van der Waals surface area contributed by atoms with Gasteiger partial charge in [-0.3, -0.25) is 0 Å². The summed E-state index contributed by atoms with van der Waals surface area (Å²) in [6.07, 6.45) is 0. The van der Waals surface area contributed by atoms with E-state index in [2.05, 4.69) is 5.32 Å². The number of aromatic carboxylic acids is 1. The second kappa shape index (κ2) is 7.19. The third-order valence-corrected chi connectivity index (χ3v) is 2.88. The molecule has 0 saturated carbocycles. The Bertz CT molecular complexity index is 613. The van der Waals surface area contributed by atoms with Gasteiger partial charge in [0.2, 0.25) is 0 Å². The number of carboxylic acids is 1. The van der Waals surface area contributed by atoms with Crippen LogP contribution in [0.25, 0.3) is 0 Å². The Morgan fingerprint density at radius 2 is 2.00 bits per heavy atom. The number of anilines is 1. The summed E-state index contributed by atoms with van der Waals surface area (Å²) in [7, 11) is 1.62. The second-order valence-corrected chi connectivity index (χ2v) is 4.31. The van der Waals surface area contributed by atoms with Crippen LogP contribution in [0.3, 0.4) is 0 Å². The predicted molar refractivity (Wildman–Crippen MR) is 80.4 cm³/mol. The Morgan fingerprint density at radius 1 is 1.19 bits per heavy atom. The molecule has 5 nitrogen and oxygen atoms in total. The van der Waals surface area contributed by atoms with Crippen LogP contribution in [0.15, 0.2) is 48.5 Å². The molecule has 0 saturated heterocycles. The Hall–Kier alpha value is -2.69. The second-order valence-electron chi connectivity index (χ2n) is 4.31. The van der Waals surface area contributed by atoms with Gasteiger partial charge in [0.05, 0.1) is 7.11 Å². The predicted octanol–water partition coefficient (Wildman–Crippen LogP) is 2.88. The Labute approximate surface area is 123 Å². The van der Waals surface area contributed by atoms with E-state index in [9.17, 15) is 4.79 Å². The molecule has 0 unspecified atom stereocenters. The fourth-order valence-corrected chi connectivity index (χ4v) is 1.86. The minimum Gasteiger partial charge on any atom is -0.497 e. The van der Waals surface area contributed by atoms with Gasteiger partial charge in [-0.2, -0.15) is 0 Å². The summed E-state index contributed by atoms with van der Waals surface area (Å²) >= 11 is 0. The Balaban J connectivity index is 1.86. The number of methoxy groups -OCH3 is 1. The first kappa shape index (κ1) is 14.7. The maximum Gasteiger partial charge on any atom is 0.339 e. The average Bonchev–Trinajstić information content (AvgIpc) is 2.52. The van der Waals surface area contributed by atoms with Crippen molar-refractivity contribution < 1.29 is 19.4 Å². The van der Waals surface area contributed by atoms with Gasteiger partial charge in [-0.25, -0.2) is 4.79 Å². The van der Waals surface area contributed by atoms with Crippen molar-refractivity contribution in [2.45, 2.75) is 0 Å². The molecule has 0 aliphatic carbocycles. The summed E-state index contributed by atoms with van der Waals surface area (Å²) in [6.45, 7) is 0.919. The molecular weight excluding hydrogens is 270 g/mol. The van der Waals surface area contributed by atoms with Crippen LogP contribution in [0.5, 0.6) is 11.5 Å². The highest BCUT2D eigenvalue weighted by Gasteiger charge is 2.09. The number of carboxylic acid groups (broad SMARTS) is 1. The molecule has 0 atom stereocenters. The lowest BCUT2D eigenvalue weighted by Gasteiger charge is -2.11. The number of para-hydroxylation sites is 1. The van der Waals surface area contributed by atoms with Gasteiger partial charge >= 0.3 is 5.97 Å². The first-order valence-corrected chi connectivity index (χ1v) is 6.54. The summed E-state index contributed by atoms with van der Waals surface area (Å²) in [4.78, 5) is 11.0. The SMILES string of the molecule is COc1cccc(NCCOc2ccccc2C(=O)O)c1.